The fourth-order valence-corrected chi connectivity index (χ4v) is 5.31. The van der Waals surface area contributed by atoms with Crippen LogP contribution in [0.15, 0.2) is 23.1 Å². The molecule has 2 rings (SSSR count). The Bertz CT molecular complexity index is 734. The van der Waals surface area contributed by atoms with Gasteiger partial charge in [0.15, 0.2) is 0 Å². The topological polar surface area (TPSA) is 69.7 Å². The number of carbonyl (C=O) groups excluding carboxylic acids is 1. The summed E-state index contributed by atoms with van der Waals surface area (Å²) in [6.07, 6.45) is 2.09. The fourth-order valence-electron chi connectivity index (χ4n) is 3.60. The first-order chi connectivity index (χ1) is 12.3. The zero-order valence-electron chi connectivity index (χ0n) is 16.7. The SMILES string of the molecule is CCN(CC)S(=O)(=O)c1cc(C(=O)N2CCCC(CNC)C2)ccc1C.Cl. The highest BCUT2D eigenvalue weighted by Gasteiger charge is 2.27. The third kappa shape index (κ3) is 5.44. The van der Waals surface area contributed by atoms with Crippen molar-refractivity contribution in [1.82, 2.24) is 14.5 Å². The Hall–Kier alpha value is -1.15. The van der Waals surface area contributed by atoms with Crippen LogP contribution in [0.1, 0.15) is 42.6 Å². The van der Waals surface area contributed by atoms with Gasteiger partial charge in [0.05, 0.1) is 4.90 Å². The molecule has 0 aliphatic carbocycles. The molecule has 154 valence electrons. The number of sulfonamides is 1. The van der Waals surface area contributed by atoms with Crippen molar-refractivity contribution in [2.45, 2.75) is 38.5 Å². The molecule has 1 N–H and O–H groups in total. The normalized spacial score (nSPS) is 17.7. The lowest BCUT2D eigenvalue weighted by atomic mass is 9.97. The van der Waals surface area contributed by atoms with Gasteiger partial charge in [-0.2, -0.15) is 4.31 Å². The summed E-state index contributed by atoms with van der Waals surface area (Å²) < 4.78 is 27.2. The van der Waals surface area contributed by atoms with E-state index in [0.717, 1.165) is 25.9 Å². The Kier molecular flexibility index (Phi) is 9.21. The number of nitrogens with zero attached hydrogens (tertiary/aromatic N) is 2. The minimum Gasteiger partial charge on any atom is -0.338 e. The van der Waals surface area contributed by atoms with Crippen molar-refractivity contribution in [2.75, 3.05) is 39.8 Å². The second kappa shape index (κ2) is 10.4. The summed E-state index contributed by atoms with van der Waals surface area (Å²) >= 11 is 0. The molecule has 0 aromatic heterocycles. The van der Waals surface area contributed by atoms with Gasteiger partial charge in [0.25, 0.3) is 5.91 Å². The van der Waals surface area contributed by atoms with Crippen molar-refractivity contribution in [3.8, 4) is 0 Å². The van der Waals surface area contributed by atoms with E-state index in [1.54, 1.807) is 25.1 Å². The van der Waals surface area contributed by atoms with E-state index in [-0.39, 0.29) is 23.2 Å². The van der Waals surface area contributed by atoms with E-state index in [9.17, 15) is 13.2 Å². The fraction of sp³-hybridized carbons (Fsp3) is 0.632. The number of rotatable bonds is 7. The van der Waals surface area contributed by atoms with Gasteiger partial charge >= 0.3 is 0 Å². The number of likely N-dealkylation sites (tertiary alicyclic amines) is 1. The molecule has 8 heteroatoms. The summed E-state index contributed by atoms with van der Waals surface area (Å²) in [6, 6.07) is 5.02. The predicted octanol–water partition coefficient (Wildman–Crippen LogP) is 2.52. The molecular formula is C19H32ClN3O3S. The van der Waals surface area contributed by atoms with Crippen LogP contribution >= 0.6 is 12.4 Å². The number of carbonyl (C=O) groups is 1. The predicted molar refractivity (Wildman–Crippen MR) is 111 cm³/mol. The molecule has 1 amide bonds. The second-order valence-electron chi connectivity index (χ2n) is 6.89. The highest BCUT2D eigenvalue weighted by Crippen LogP contribution is 2.24. The molecule has 0 bridgehead atoms. The van der Waals surface area contributed by atoms with Crippen LogP contribution in [0.5, 0.6) is 0 Å². The van der Waals surface area contributed by atoms with E-state index in [0.29, 0.717) is 36.7 Å². The van der Waals surface area contributed by atoms with Crippen LogP contribution < -0.4 is 5.32 Å². The molecular weight excluding hydrogens is 386 g/mol. The standard InChI is InChI=1S/C19H31N3O3S.ClH/c1-5-22(6-2)26(24,25)18-12-17(10-9-15(18)3)19(23)21-11-7-8-16(14-21)13-20-4;/h9-10,12,16,20H,5-8,11,13-14H2,1-4H3;1H. The van der Waals surface area contributed by atoms with Crippen LogP contribution in [0, 0.1) is 12.8 Å². The maximum absolute atomic E-state index is 12.9. The summed E-state index contributed by atoms with van der Waals surface area (Å²) in [5, 5.41) is 3.18. The van der Waals surface area contributed by atoms with Crippen molar-refractivity contribution in [3.05, 3.63) is 29.3 Å². The lowest BCUT2D eigenvalue weighted by Crippen LogP contribution is -2.42. The molecule has 0 saturated carbocycles. The Morgan fingerprint density at radius 3 is 2.56 bits per heavy atom. The summed E-state index contributed by atoms with van der Waals surface area (Å²) in [5.41, 5.74) is 1.12. The smallest absolute Gasteiger partial charge is 0.253 e. The number of halogens is 1. The molecule has 0 radical (unpaired) electrons. The van der Waals surface area contributed by atoms with E-state index >= 15 is 0 Å². The van der Waals surface area contributed by atoms with Crippen molar-refractivity contribution < 1.29 is 13.2 Å². The highest BCUT2D eigenvalue weighted by molar-refractivity contribution is 7.89. The molecule has 6 nitrogen and oxygen atoms in total. The number of amides is 1. The summed E-state index contributed by atoms with van der Waals surface area (Å²) in [5.74, 6) is 0.365. The molecule has 1 atom stereocenters. The minimum atomic E-state index is -3.59. The average molecular weight is 418 g/mol. The summed E-state index contributed by atoms with van der Waals surface area (Å²) in [7, 11) is -1.66. The van der Waals surface area contributed by atoms with E-state index in [4.69, 9.17) is 0 Å². The Morgan fingerprint density at radius 2 is 1.96 bits per heavy atom. The van der Waals surface area contributed by atoms with Crippen LogP contribution in [0.2, 0.25) is 0 Å². The van der Waals surface area contributed by atoms with Gasteiger partial charge in [0.2, 0.25) is 10.0 Å². The van der Waals surface area contributed by atoms with Gasteiger partial charge in [-0.05, 0) is 57.0 Å². The monoisotopic (exact) mass is 417 g/mol. The molecule has 1 aromatic carbocycles. The van der Waals surface area contributed by atoms with Gasteiger partial charge < -0.3 is 10.2 Å². The lowest BCUT2D eigenvalue weighted by Gasteiger charge is -2.33. The summed E-state index contributed by atoms with van der Waals surface area (Å²) in [4.78, 5) is 15.0. The third-order valence-corrected chi connectivity index (χ3v) is 7.25. The van der Waals surface area contributed by atoms with Gasteiger partial charge in [-0.1, -0.05) is 19.9 Å². The Balaban J connectivity index is 0.00000364. The maximum Gasteiger partial charge on any atom is 0.253 e. The first-order valence-corrected chi connectivity index (χ1v) is 10.8. The summed E-state index contributed by atoms with van der Waals surface area (Å²) in [6.45, 7) is 8.56. The molecule has 1 aromatic rings. The molecule has 1 heterocycles. The number of hydrogen-bond acceptors (Lipinski definition) is 4. The minimum absolute atomic E-state index is 0. The van der Waals surface area contributed by atoms with Crippen LogP contribution in [-0.4, -0.2) is 63.3 Å². The van der Waals surface area contributed by atoms with E-state index in [2.05, 4.69) is 5.32 Å². The average Bonchev–Trinajstić information content (AvgIpc) is 2.62. The molecule has 1 unspecified atom stereocenters. The quantitative estimate of drug-likeness (QED) is 0.740. The highest BCUT2D eigenvalue weighted by atomic mass is 35.5. The lowest BCUT2D eigenvalue weighted by molar-refractivity contribution is 0.0674. The third-order valence-electron chi connectivity index (χ3n) is 5.06. The largest absolute Gasteiger partial charge is 0.338 e. The van der Waals surface area contributed by atoms with Crippen molar-refractivity contribution in [1.29, 1.82) is 0 Å². The zero-order chi connectivity index (χ0) is 19.3. The second-order valence-corrected chi connectivity index (χ2v) is 8.79. The van der Waals surface area contributed by atoms with E-state index in [1.165, 1.54) is 4.31 Å². The molecule has 1 aliphatic heterocycles. The maximum atomic E-state index is 12.9. The molecule has 1 aliphatic rings. The molecule has 27 heavy (non-hydrogen) atoms. The van der Waals surface area contributed by atoms with E-state index in [1.807, 2.05) is 25.8 Å². The first-order valence-electron chi connectivity index (χ1n) is 9.39. The van der Waals surface area contributed by atoms with Crippen molar-refractivity contribution in [3.63, 3.8) is 0 Å². The Morgan fingerprint density at radius 1 is 1.30 bits per heavy atom. The molecule has 1 saturated heterocycles. The number of benzene rings is 1. The van der Waals surface area contributed by atoms with Gasteiger partial charge in [0, 0.05) is 31.7 Å². The Labute approximate surface area is 169 Å². The van der Waals surface area contributed by atoms with Crippen molar-refractivity contribution in [2.24, 2.45) is 5.92 Å². The molecule has 0 spiro atoms. The van der Waals surface area contributed by atoms with Gasteiger partial charge in [-0.3, -0.25) is 4.79 Å². The molecule has 1 fully saturated rings. The van der Waals surface area contributed by atoms with Crippen LogP contribution in [0.4, 0.5) is 0 Å². The van der Waals surface area contributed by atoms with Crippen LogP contribution in [0.3, 0.4) is 0 Å². The van der Waals surface area contributed by atoms with Gasteiger partial charge in [0.1, 0.15) is 0 Å². The van der Waals surface area contributed by atoms with E-state index < -0.39 is 10.0 Å². The van der Waals surface area contributed by atoms with Crippen LogP contribution in [-0.2, 0) is 10.0 Å². The number of nitrogens with one attached hydrogen (secondary N) is 1. The van der Waals surface area contributed by atoms with Crippen molar-refractivity contribution >= 4 is 28.3 Å². The number of hydrogen-bond donors (Lipinski definition) is 1. The zero-order valence-corrected chi connectivity index (χ0v) is 18.3. The van der Waals surface area contributed by atoms with Crippen LogP contribution in [0.25, 0.3) is 0 Å². The number of piperidine rings is 1. The number of aryl methyl sites for hydroxylation is 1. The first kappa shape index (κ1) is 23.9. The van der Waals surface area contributed by atoms with Gasteiger partial charge in [-0.25, -0.2) is 8.42 Å². The van der Waals surface area contributed by atoms with Gasteiger partial charge in [-0.15, -0.1) is 12.4 Å².